The second-order valence-corrected chi connectivity index (χ2v) is 7.17. The van der Waals surface area contributed by atoms with Crippen LogP contribution >= 0.6 is 15.9 Å². The molecule has 3 nitrogen and oxygen atoms in total. The Morgan fingerprint density at radius 1 is 1.33 bits per heavy atom. The van der Waals surface area contributed by atoms with Crippen molar-refractivity contribution in [2.45, 2.75) is 39.2 Å². The average Bonchev–Trinajstić information content (AvgIpc) is 3.04. The first-order valence-corrected chi connectivity index (χ1v) is 8.49. The lowest BCUT2D eigenvalue weighted by Gasteiger charge is -2.29. The van der Waals surface area contributed by atoms with E-state index in [9.17, 15) is 4.79 Å². The molecule has 0 unspecified atom stereocenters. The molecule has 3 rings (SSSR count). The number of likely N-dealkylation sites (tertiary alicyclic amines) is 1. The van der Waals surface area contributed by atoms with Crippen LogP contribution < -0.4 is 4.90 Å². The monoisotopic (exact) mass is 349 g/mol. The van der Waals surface area contributed by atoms with E-state index in [0.29, 0.717) is 0 Å². The lowest BCUT2D eigenvalue weighted by Crippen LogP contribution is -2.46. The molecule has 21 heavy (non-hydrogen) atoms. The topological polar surface area (TPSA) is 23.6 Å². The van der Waals surface area contributed by atoms with E-state index in [-0.39, 0.29) is 11.9 Å². The van der Waals surface area contributed by atoms with Gasteiger partial charge in [-0.3, -0.25) is 9.69 Å². The van der Waals surface area contributed by atoms with E-state index in [2.05, 4.69) is 46.8 Å². The molecule has 0 aromatic heterocycles. The van der Waals surface area contributed by atoms with Crippen molar-refractivity contribution in [1.82, 2.24) is 4.90 Å². The number of nitrogens with zero attached hydrogens (tertiary/aromatic N) is 2. The zero-order valence-electron chi connectivity index (χ0n) is 12.7. The fourth-order valence-corrected chi connectivity index (χ4v) is 4.06. The van der Waals surface area contributed by atoms with Crippen LogP contribution in [0.4, 0.5) is 5.69 Å². The summed E-state index contributed by atoms with van der Waals surface area (Å²) in [5, 5.41) is 0. The maximum atomic E-state index is 13.0. The first kappa shape index (κ1) is 15.0. The van der Waals surface area contributed by atoms with Crippen LogP contribution in [0.15, 0.2) is 22.7 Å². The Balaban J connectivity index is 1.79. The summed E-state index contributed by atoms with van der Waals surface area (Å²) in [6, 6.07) is 6.21. The van der Waals surface area contributed by atoms with Crippen LogP contribution in [-0.4, -0.2) is 36.5 Å². The van der Waals surface area contributed by atoms with E-state index in [0.717, 1.165) is 49.1 Å². The van der Waals surface area contributed by atoms with Gasteiger partial charge in [0.25, 0.3) is 0 Å². The second-order valence-electron chi connectivity index (χ2n) is 6.31. The van der Waals surface area contributed by atoms with Gasteiger partial charge in [0.15, 0.2) is 0 Å². The van der Waals surface area contributed by atoms with Gasteiger partial charge in [-0.15, -0.1) is 0 Å². The number of carbonyl (C=O) groups excluding carboxylic acids is 1. The Bertz CT molecular complexity index is 544. The summed E-state index contributed by atoms with van der Waals surface area (Å²) in [6.07, 6.45) is 3.07. The van der Waals surface area contributed by atoms with Crippen molar-refractivity contribution in [1.29, 1.82) is 0 Å². The Kier molecular flexibility index (Phi) is 4.36. The number of halogens is 1. The molecule has 1 fully saturated rings. The van der Waals surface area contributed by atoms with E-state index < -0.39 is 0 Å². The van der Waals surface area contributed by atoms with Crippen molar-refractivity contribution in [2.24, 2.45) is 0 Å². The predicted molar refractivity (Wildman–Crippen MR) is 89.4 cm³/mol. The molecule has 0 saturated carbocycles. The predicted octanol–water partition coefficient (Wildman–Crippen LogP) is 3.42. The standard InChI is InChI=1S/C17H22BrN2O/c1-12(2)11-19-9-4-7-16(19)17(21)20-10-8-13-14(18)5-3-6-15(13)20/h3,5-6,16H,4,7-11H2,1-2H3/t16-/m0/s1. The zero-order chi connectivity index (χ0) is 15.0. The number of amides is 1. The molecule has 0 N–H and O–H groups in total. The van der Waals surface area contributed by atoms with Crippen LogP contribution in [0.5, 0.6) is 0 Å². The van der Waals surface area contributed by atoms with E-state index in [1.54, 1.807) is 0 Å². The highest BCUT2D eigenvalue weighted by atomic mass is 79.9. The molecule has 0 spiro atoms. The Morgan fingerprint density at radius 2 is 2.14 bits per heavy atom. The largest absolute Gasteiger partial charge is 0.310 e. The first-order valence-electron chi connectivity index (χ1n) is 7.70. The van der Waals surface area contributed by atoms with Crippen LogP contribution in [0.3, 0.4) is 0 Å². The Morgan fingerprint density at radius 3 is 2.90 bits per heavy atom. The van der Waals surface area contributed by atoms with Gasteiger partial charge in [0.1, 0.15) is 0 Å². The van der Waals surface area contributed by atoms with E-state index in [4.69, 9.17) is 0 Å². The minimum Gasteiger partial charge on any atom is -0.310 e. The van der Waals surface area contributed by atoms with Gasteiger partial charge in [-0.1, -0.05) is 35.8 Å². The highest BCUT2D eigenvalue weighted by Gasteiger charge is 2.36. The molecule has 1 atom stereocenters. The van der Waals surface area contributed by atoms with Gasteiger partial charge in [-0.2, -0.15) is 0 Å². The lowest BCUT2D eigenvalue weighted by atomic mass is 10.1. The van der Waals surface area contributed by atoms with E-state index >= 15 is 0 Å². The third-order valence-electron chi connectivity index (χ3n) is 4.40. The maximum absolute atomic E-state index is 13.0. The molecule has 2 aliphatic heterocycles. The Hall–Kier alpha value is -0.870. The summed E-state index contributed by atoms with van der Waals surface area (Å²) in [5.41, 5.74) is 2.37. The summed E-state index contributed by atoms with van der Waals surface area (Å²) in [4.78, 5) is 17.3. The van der Waals surface area contributed by atoms with Crippen LogP contribution in [0.2, 0.25) is 0 Å². The molecule has 0 bridgehead atoms. The van der Waals surface area contributed by atoms with Gasteiger partial charge in [0.2, 0.25) is 5.91 Å². The molecule has 1 saturated heterocycles. The lowest BCUT2D eigenvalue weighted by molar-refractivity contribution is -0.122. The van der Waals surface area contributed by atoms with Crippen molar-refractivity contribution in [2.75, 3.05) is 24.5 Å². The van der Waals surface area contributed by atoms with Gasteiger partial charge in [0, 0.05) is 23.2 Å². The van der Waals surface area contributed by atoms with Crippen molar-refractivity contribution in [3.63, 3.8) is 0 Å². The highest BCUT2D eigenvalue weighted by molar-refractivity contribution is 9.10. The molecule has 2 heterocycles. The molecular formula is C17H22BrN2O. The average molecular weight is 350 g/mol. The number of carbonyl (C=O) groups is 1. The minimum atomic E-state index is 0.0600. The third kappa shape index (κ3) is 2.88. The molecule has 1 radical (unpaired) electrons. The summed E-state index contributed by atoms with van der Waals surface area (Å²) in [5.74, 6) is 1.66. The number of fused-ring (bicyclic) bond motifs is 1. The molecule has 1 aromatic carbocycles. The van der Waals surface area contributed by atoms with Crippen LogP contribution in [0.25, 0.3) is 0 Å². The number of hydrogen-bond donors (Lipinski definition) is 0. The first-order chi connectivity index (χ1) is 10.1. The number of hydrogen-bond acceptors (Lipinski definition) is 2. The van der Waals surface area contributed by atoms with Crippen molar-refractivity contribution in [3.8, 4) is 0 Å². The zero-order valence-corrected chi connectivity index (χ0v) is 14.3. The van der Waals surface area contributed by atoms with Crippen LogP contribution in [0, 0.1) is 5.92 Å². The second kappa shape index (κ2) is 6.09. The van der Waals surface area contributed by atoms with Gasteiger partial charge in [0.05, 0.1) is 6.04 Å². The van der Waals surface area contributed by atoms with E-state index in [1.807, 2.05) is 11.0 Å². The molecule has 4 heteroatoms. The molecule has 113 valence electrons. The molecule has 1 aromatic rings. The van der Waals surface area contributed by atoms with Gasteiger partial charge in [-0.05, 0) is 49.4 Å². The highest BCUT2D eigenvalue weighted by Crippen LogP contribution is 2.35. The van der Waals surface area contributed by atoms with Crippen LogP contribution in [0.1, 0.15) is 32.3 Å². The normalized spacial score (nSPS) is 22.1. The molecule has 2 aliphatic rings. The van der Waals surface area contributed by atoms with Crippen molar-refractivity contribution >= 4 is 27.5 Å². The smallest absolute Gasteiger partial charge is 0.244 e. The number of anilines is 1. The quantitative estimate of drug-likeness (QED) is 0.834. The van der Waals surface area contributed by atoms with Crippen LogP contribution in [-0.2, 0) is 11.2 Å². The van der Waals surface area contributed by atoms with Crippen molar-refractivity contribution in [3.05, 3.63) is 34.2 Å². The van der Waals surface area contributed by atoms with Gasteiger partial charge in [-0.25, -0.2) is 0 Å². The maximum Gasteiger partial charge on any atom is 0.244 e. The summed E-state index contributed by atoms with van der Waals surface area (Å²) < 4.78 is 1.12. The van der Waals surface area contributed by atoms with Crippen molar-refractivity contribution < 1.29 is 4.79 Å². The molecular weight excluding hydrogens is 328 g/mol. The molecule has 1 amide bonds. The fourth-order valence-electron chi connectivity index (χ4n) is 3.50. The van der Waals surface area contributed by atoms with Gasteiger partial charge < -0.3 is 4.90 Å². The van der Waals surface area contributed by atoms with Gasteiger partial charge >= 0.3 is 0 Å². The minimum absolute atomic E-state index is 0.0600. The number of benzene rings is 1. The fraction of sp³-hybridized carbons (Fsp3) is 0.529. The third-order valence-corrected chi connectivity index (χ3v) is 5.15. The number of rotatable bonds is 3. The SMILES string of the molecule is C[C](C)CN1CCC[C@H]1C(=O)N1CCc2c(Br)cccc21. The Labute approximate surface area is 135 Å². The molecule has 0 aliphatic carbocycles. The summed E-state index contributed by atoms with van der Waals surface area (Å²) >= 11 is 3.60. The summed E-state index contributed by atoms with van der Waals surface area (Å²) in [7, 11) is 0. The van der Waals surface area contributed by atoms with E-state index in [1.165, 1.54) is 11.5 Å². The summed E-state index contributed by atoms with van der Waals surface area (Å²) in [6.45, 7) is 7.08.